The second-order valence-electron chi connectivity index (χ2n) is 5.59. The molecule has 0 saturated heterocycles. The van der Waals surface area contributed by atoms with Gasteiger partial charge in [-0.25, -0.2) is 0 Å². The monoisotopic (exact) mass is 265 g/mol. The van der Waals surface area contributed by atoms with Crippen molar-refractivity contribution in [1.29, 1.82) is 0 Å². The van der Waals surface area contributed by atoms with Crippen LogP contribution >= 0.6 is 0 Å². The fraction of sp³-hybridized carbons (Fsp3) is 0.800. The highest BCUT2D eigenvalue weighted by molar-refractivity contribution is 5.05. The summed E-state index contributed by atoms with van der Waals surface area (Å²) in [6, 6.07) is 2.09. The Balaban J connectivity index is 1.76. The first-order valence-electron chi connectivity index (χ1n) is 7.69. The number of rotatable bonds is 9. The lowest BCUT2D eigenvalue weighted by Gasteiger charge is -2.31. The van der Waals surface area contributed by atoms with E-state index in [4.69, 9.17) is 4.52 Å². The first kappa shape index (κ1) is 14.5. The summed E-state index contributed by atoms with van der Waals surface area (Å²) in [4.78, 5) is 2.47. The van der Waals surface area contributed by atoms with Crippen LogP contribution in [0.1, 0.15) is 51.0 Å². The second kappa shape index (κ2) is 7.65. The summed E-state index contributed by atoms with van der Waals surface area (Å²) in [5.41, 5.74) is 1.02. The maximum absolute atomic E-state index is 5.43. The molecule has 108 valence electrons. The standard InChI is InChI=1S/C15H27N3O/c1-3-8-16-10-14-9-15(19-17-14)12-18(4-2)11-13-6-5-7-13/h9,13,16H,3-8,10-12H2,1-2H3. The molecule has 2 rings (SSSR count). The SMILES string of the molecule is CCCNCc1cc(CN(CC)CC2CCC2)on1. The Morgan fingerprint density at radius 2 is 2.26 bits per heavy atom. The quantitative estimate of drug-likeness (QED) is 0.697. The third kappa shape index (κ3) is 4.62. The van der Waals surface area contributed by atoms with Crippen molar-refractivity contribution in [3.63, 3.8) is 0 Å². The topological polar surface area (TPSA) is 41.3 Å². The van der Waals surface area contributed by atoms with Gasteiger partial charge in [0.15, 0.2) is 5.76 Å². The van der Waals surface area contributed by atoms with Crippen LogP contribution in [-0.4, -0.2) is 29.7 Å². The molecule has 0 aromatic carbocycles. The summed E-state index contributed by atoms with van der Waals surface area (Å²) in [5.74, 6) is 1.91. The molecule has 1 N–H and O–H groups in total. The molecule has 1 aliphatic rings. The van der Waals surface area contributed by atoms with Gasteiger partial charge in [0.2, 0.25) is 0 Å². The number of nitrogens with zero attached hydrogens (tertiary/aromatic N) is 2. The summed E-state index contributed by atoms with van der Waals surface area (Å²) < 4.78 is 5.43. The number of nitrogens with one attached hydrogen (secondary N) is 1. The lowest BCUT2D eigenvalue weighted by molar-refractivity contribution is 0.164. The molecular weight excluding hydrogens is 238 g/mol. The van der Waals surface area contributed by atoms with E-state index in [-0.39, 0.29) is 0 Å². The van der Waals surface area contributed by atoms with Gasteiger partial charge in [-0.1, -0.05) is 25.4 Å². The minimum absolute atomic E-state index is 0.812. The molecule has 0 aliphatic heterocycles. The van der Waals surface area contributed by atoms with Crippen LogP contribution in [0.5, 0.6) is 0 Å². The Hall–Kier alpha value is -0.870. The smallest absolute Gasteiger partial charge is 0.151 e. The maximum Gasteiger partial charge on any atom is 0.151 e. The zero-order valence-corrected chi connectivity index (χ0v) is 12.3. The Bertz CT molecular complexity index is 360. The number of aromatic nitrogens is 1. The first-order chi connectivity index (χ1) is 9.31. The molecule has 4 heteroatoms. The number of hydrogen-bond acceptors (Lipinski definition) is 4. The summed E-state index contributed by atoms with van der Waals surface area (Å²) >= 11 is 0. The highest BCUT2D eigenvalue weighted by atomic mass is 16.5. The largest absolute Gasteiger partial charge is 0.360 e. The van der Waals surface area contributed by atoms with E-state index in [0.29, 0.717) is 0 Å². The van der Waals surface area contributed by atoms with Crippen molar-refractivity contribution in [2.75, 3.05) is 19.6 Å². The van der Waals surface area contributed by atoms with Crippen LogP contribution in [0.3, 0.4) is 0 Å². The number of hydrogen-bond donors (Lipinski definition) is 1. The van der Waals surface area contributed by atoms with Gasteiger partial charge in [-0.2, -0.15) is 0 Å². The lowest BCUT2D eigenvalue weighted by atomic mass is 9.85. The van der Waals surface area contributed by atoms with E-state index in [9.17, 15) is 0 Å². The predicted molar refractivity (Wildman–Crippen MR) is 76.8 cm³/mol. The van der Waals surface area contributed by atoms with Crippen LogP contribution < -0.4 is 5.32 Å². The summed E-state index contributed by atoms with van der Waals surface area (Å²) in [5, 5.41) is 7.47. The second-order valence-corrected chi connectivity index (χ2v) is 5.59. The van der Waals surface area contributed by atoms with Crippen LogP contribution in [0, 0.1) is 5.92 Å². The predicted octanol–water partition coefficient (Wildman–Crippen LogP) is 2.80. The van der Waals surface area contributed by atoms with Crippen molar-refractivity contribution in [2.45, 2.75) is 52.6 Å². The fourth-order valence-electron chi connectivity index (χ4n) is 2.47. The van der Waals surface area contributed by atoms with Gasteiger partial charge >= 0.3 is 0 Å². The van der Waals surface area contributed by atoms with Crippen molar-refractivity contribution in [3.05, 3.63) is 17.5 Å². The molecule has 1 aromatic rings. The average molecular weight is 265 g/mol. The Labute approximate surface area is 116 Å². The molecule has 0 unspecified atom stereocenters. The van der Waals surface area contributed by atoms with E-state index >= 15 is 0 Å². The third-order valence-corrected chi connectivity index (χ3v) is 3.91. The van der Waals surface area contributed by atoms with E-state index in [1.807, 2.05) is 0 Å². The summed E-state index contributed by atoms with van der Waals surface area (Å²) in [7, 11) is 0. The summed E-state index contributed by atoms with van der Waals surface area (Å²) in [6.07, 6.45) is 5.37. The molecule has 19 heavy (non-hydrogen) atoms. The van der Waals surface area contributed by atoms with E-state index in [0.717, 1.165) is 50.0 Å². The zero-order chi connectivity index (χ0) is 13.5. The van der Waals surface area contributed by atoms with Gasteiger partial charge in [-0.05, 0) is 38.3 Å². The van der Waals surface area contributed by atoms with Crippen molar-refractivity contribution in [1.82, 2.24) is 15.4 Å². The normalized spacial score (nSPS) is 15.9. The minimum atomic E-state index is 0.812. The molecule has 0 atom stereocenters. The Morgan fingerprint density at radius 3 is 2.89 bits per heavy atom. The molecule has 1 fully saturated rings. The first-order valence-corrected chi connectivity index (χ1v) is 7.69. The molecule has 1 heterocycles. The average Bonchev–Trinajstić information content (AvgIpc) is 2.80. The molecule has 0 spiro atoms. The van der Waals surface area contributed by atoms with Gasteiger partial charge in [-0.3, -0.25) is 4.90 Å². The highest BCUT2D eigenvalue weighted by Crippen LogP contribution is 2.27. The molecule has 4 nitrogen and oxygen atoms in total. The van der Waals surface area contributed by atoms with Gasteiger partial charge in [0, 0.05) is 19.2 Å². The van der Waals surface area contributed by atoms with Crippen molar-refractivity contribution < 1.29 is 4.52 Å². The molecule has 0 radical (unpaired) electrons. The van der Waals surface area contributed by atoms with Gasteiger partial charge in [0.05, 0.1) is 12.2 Å². The minimum Gasteiger partial charge on any atom is -0.360 e. The van der Waals surface area contributed by atoms with Crippen LogP contribution in [-0.2, 0) is 13.1 Å². The van der Waals surface area contributed by atoms with E-state index in [1.54, 1.807) is 0 Å². The van der Waals surface area contributed by atoms with Crippen LogP contribution in [0.25, 0.3) is 0 Å². The van der Waals surface area contributed by atoms with Gasteiger partial charge in [0.1, 0.15) is 0 Å². The van der Waals surface area contributed by atoms with Crippen molar-refractivity contribution in [3.8, 4) is 0 Å². The molecular formula is C15H27N3O. The molecule has 1 aromatic heterocycles. The molecule has 1 aliphatic carbocycles. The van der Waals surface area contributed by atoms with E-state index < -0.39 is 0 Å². The Kier molecular flexibility index (Phi) is 5.86. The van der Waals surface area contributed by atoms with Crippen molar-refractivity contribution >= 4 is 0 Å². The van der Waals surface area contributed by atoms with Crippen molar-refractivity contribution in [2.24, 2.45) is 5.92 Å². The lowest BCUT2D eigenvalue weighted by Crippen LogP contribution is -2.31. The van der Waals surface area contributed by atoms with E-state index in [2.05, 4.69) is 35.3 Å². The third-order valence-electron chi connectivity index (χ3n) is 3.91. The van der Waals surface area contributed by atoms with Crippen LogP contribution in [0.15, 0.2) is 10.6 Å². The van der Waals surface area contributed by atoms with Crippen LogP contribution in [0.4, 0.5) is 0 Å². The van der Waals surface area contributed by atoms with Gasteiger partial charge < -0.3 is 9.84 Å². The van der Waals surface area contributed by atoms with Gasteiger partial charge in [0.25, 0.3) is 0 Å². The van der Waals surface area contributed by atoms with Gasteiger partial charge in [-0.15, -0.1) is 0 Å². The fourth-order valence-corrected chi connectivity index (χ4v) is 2.47. The Morgan fingerprint density at radius 1 is 1.42 bits per heavy atom. The zero-order valence-electron chi connectivity index (χ0n) is 12.3. The maximum atomic E-state index is 5.43. The highest BCUT2D eigenvalue weighted by Gasteiger charge is 2.20. The van der Waals surface area contributed by atoms with Crippen LogP contribution in [0.2, 0.25) is 0 Å². The molecule has 0 bridgehead atoms. The van der Waals surface area contributed by atoms with E-state index in [1.165, 1.54) is 25.8 Å². The summed E-state index contributed by atoms with van der Waals surface area (Å²) in [6.45, 7) is 9.42. The molecule has 0 amide bonds. The molecule has 1 saturated carbocycles.